The first kappa shape index (κ1) is 18.8. The standard InChI is InChI=1S/C14H25N5OS2/c1-3-4-6-17-13(15)19-14-18-12(10-22-14)9-21-8-5-7-16-11(2)20/h10H,3-9H2,1-2H3,(H,16,20)(H3,15,17,18,19). The minimum Gasteiger partial charge on any atom is -0.370 e. The Morgan fingerprint density at radius 3 is 3.05 bits per heavy atom. The van der Waals surface area contributed by atoms with Crippen molar-refractivity contribution in [3.63, 3.8) is 0 Å². The number of anilines is 1. The highest BCUT2D eigenvalue weighted by Gasteiger charge is 2.03. The number of nitrogens with two attached hydrogens (primary N) is 1. The summed E-state index contributed by atoms with van der Waals surface area (Å²) in [5.74, 6) is 2.32. The van der Waals surface area contributed by atoms with Gasteiger partial charge in [-0.2, -0.15) is 11.8 Å². The van der Waals surface area contributed by atoms with Gasteiger partial charge >= 0.3 is 0 Å². The summed E-state index contributed by atoms with van der Waals surface area (Å²) in [6.07, 6.45) is 3.12. The second-order valence-electron chi connectivity index (χ2n) is 4.78. The number of thioether (sulfide) groups is 1. The van der Waals surface area contributed by atoms with Gasteiger partial charge in [-0.15, -0.1) is 11.3 Å². The molecule has 0 atom stereocenters. The molecule has 0 radical (unpaired) electrons. The number of rotatable bonds is 10. The third kappa shape index (κ3) is 8.89. The fourth-order valence-corrected chi connectivity index (χ4v) is 3.23. The van der Waals surface area contributed by atoms with Gasteiger partial charge in [0, 0.05) is 31.1 Å². The van der Waals surface area contributed by atoms with Crippen LogP contribution in [0.3, 0.4) is 0 Å². The first-order valence-corrected chi connectivity index (χ1v) is 9.48. The molecule has 22 heavy (non-hydrogen) atoms. The van der Waals surface area contributed by atoms with E-state index in [-0.39, 0.29) is 5.91 Å². The predicted octanol–water partition coefficient (Wildman–Crippen LogP) is 2.43. The Morgan fingerprint density at radius 2 is 2.32 bits per heavy atom. The number of hydrogen-bond acceptors (Lipinski definition) is 5. The Morgan fingerprint density at radius 1 is 1.50 bits per heavy atom. The largest absolute Gasteiger partial charge is 0.370 e. The van der Waals surface area contributed by atoms with Gasteiger partial charge in [0.25, 0.3) is 0 Å². The quantitative estimate of drug-likeness (QED) is 0.345. The molecule has 1 aromatic heterocycles. The van der Waals surface area contributed by atoms with Crippen molar-refractivity contribution in [2.45, 2.75) is 38.9 Å². The first-order chi connectivity index (χ1) is 10.6. The van der Waals surface area contributed by atoms with E-state index >= 15 is 0 Å². The summed E-state index contributed by atoms with van der Waals surface area (Å²) in [6, 6.07) is 0. The second kappa shape index (κ2) is 11.3. The molecule has 0 aromatic carbocycles. The van der Waals surface area contributed by atoms with Crippen molar-refractivity contribution in [2.75, 3.05) is 24.2 Å². The van der Waals surface area contributed by atoms with Crippen molar-refractivity contribution in [3.8, 4) is 0 Å². The molecular weight excluding hydrogens is 318 g/mol. The molecule has 1 amide bonds. The molecule has 124 valence electrons. The van der Waals surface area contributed by atoms with Crippen molar-refractivity contribution < 1.29 is 4.79 Å². The van der Waals surface area contributed by atoms with Crippen LogP contribution in [0.4, 0.5) is 5.13 Å². The second-order valence-corrected chi connectivity index (χ2v) is 6.74. The number of carbonyl (C=O) groups excluding carboxylic acids is 1. The third-order valence-corrected chi connectivity index (χ3v) is 4.55. The van der Waals surface area contributed by atoms with E-state index in [0.717, 1.165) is 54.7 Å². The van der Waals surface area contributed by atoms with Gasteiger partial charge in [0.15, 0.2) is 11.1 Å². The lowest BCUT2D eigenvalue weighted by Gasteiger charge is -2.02. The summed E-state index contributed by atoms with van der Waals surface area (Å²) in [6.45, 7) is 5.14. The number of carbonyl (C=O) groups is 1. The van der Waals surface area contributed by atoms with Crippen molar-refractivity contribution >= 4 is 40.1 Å². The lowest BCUT2D eigenvalue weighted by atomic mass is 10.3. The minimum atomic E-state index is 0.0263. The van der Waals surface area contributed by atoms with Gasteiger partial charge in [-0.25, -0.2) is 4.98 Å². The molecule has 8 heteroatoms. The smallest absolute Gasteiger partial charge is 0.216 e. The molecular formula is C14H25N5OS2. The number of aliphatic imine (C=N–C) groups is 1. The molecule has 4 N–H and O–H groups in total. The van der Waals surface area contributed by atoms with Crippen molar-refractivity contribution in [2.24, 2.45) is 10.7 Å². The molecule has 1 aromatic rings. The van der Waals surface area contributed by atoms with Gasteiger partial charge in [0.1, 0.15) is 0 Å². The maximum Gasteiger partial charge on any atom is 0.216 e. The van der Waals surface area contributed by atoms with Crippen LogP contribution in [0, 0.1) is 0 Å². The Balaban J connectivity index is 2.21. The van der Waals surface area contributed by atoms with E-state index < -0.39 is 0 Å². The molecule has 1 heterocycles. The molecule has 0 unspecified atom stereocenters. The topological polar surface area (TPSA) is 92.4 Å². The minimum absolute atomic E-state index is 0.0263. The summed E-state index contributed by atoms with van der Waals surface area (Å²) < 4.78 is 0. The van der Waals surface area contributed by atoms with Crippen LogP contribution in [-0.2, 0) is 10.5 Å². The maximum atomic E-state index is 10.7. The Labute approximate surface area is 140 Å². The Bertz CT molecular complexity index is 476. The van der Waals surface area contributed by atoms with E-state index in [1.807, 2.05) is 17.1 Å². The van der Waals surface area contributed by atoms with E-state index in [0.29, 0.717) is 5.96 Å². The Hall–Kier alpha value is -1.28. The predicted molar refractivity (Wildman–Crippen MR) is 96.6 cm³/mol. The fraction of sp³-hybridized carbons (Fsp3) is 0.643. The highest BCUT2D eigenvalue weighted by molar-refractivity contribution is 7.98. The number of thiazole rings is 1. The van der Waals surface area contributed by atoms with Crippen molar-refractivity contribution in [3.05, 3.63) is 11.1 Å². The van der Waals surface area contributed by atoms with Gasteiger partial charge in [0.2, 0.25) is 5.91 Å². The first-order valence-electron chi connectivity index (χ1n) is 7.45. The van der Waals surface area contributed by atoms with Crippen LogP contribution in [0.1, 0.15) is 38.8 Å². The molecule has 0 bridgehead atoms. The number of amides is 1. The summed E-state index contributed by atoms with van der Waals surface area (Å²) >= 11 is 3.35. The summed E-state index contributed by atoms with van der Waals surface area (Å²) in [5.41, 5.74) is 6.84. The number of nitrogens with zero attached hydrogens (tertiary/aromatic N) is 2. The number of nitrogens with one attached hydrogen (secondary N) is 2. The molecule has 0 spiro atoms. The summed E-state index contributed by atoms with van der Waals surface area (Å²) in [5, 5.41) is 8.62. The molecule has 0 aliphatic heterocycles. The van der Waals surface area contributed by atoms with Crippen LogP contribution >= 0.6 is 23.1 Å². The highest BCUT2D eigenvalue weighted by atomic mass is 32.2. The van der Waals surface area contributed by atoms with E-state index in [1.165, 1.54) is 18.3 Å². The van der Waals surface area contributed by atoms with Gasteiger partial charge in [-0.05, 0) is 18.6 Å². The van der Waals surface area contributed by atoms with Crippen LogP contribution in [0.5, 0.6) is 0 Å². The zero-order valence-electron chi connectivity index (χ0n) is 13.2. The van der Waals surface area contributed by atoms with Gasteiger partial charge in [0.05, 0.1) is 5.69 Å². The van der Waals surface area contributed by atoms with E-state index in [9.17, 15) is 4.79 Å². The number of guanidine groups is 1. The maximum absolute atomic E-state index is 10.7. The normalized spacial score (nSPS) is 11.5. The molecule has 0 aliphatic rings. The summed E-state index contributed by atoms with van der Waals surface area (Å²) in [7, 11) is 0. The van der Waals surface area contributed by atoms with E-state index in [4.69, 9.17) is 5.73 Å². The average molecular weight is 344 g/mol. The number of hydrogen-bond donors (Lipinski definition) is 3. The molecule has 6 nitrogen and oxygen atoms in total. The van der Waals surface area contributed by atoms with E-state index in [2.05, 4.69) is 27.5 Å². The zero-order valence-corrected chi connectivity index (χ0v) is 14.9. The van der Waals surface area contributed by atoms with Gasteiger partial charge in [-0.3, -0.25) is 9.79 Å². The summed E-state index contributed by atoms with van der Waals surface area (Å²) in [4.78, 5) is 19.4. The van der Waals surface area contributed by atoms with Gasteiger partial charge in [-0.1, -0.05) is 13.3 Å². The average Bonchev–Trinajstić information content (AvgIpc) is 2.90. The van der Waals surface area contributed by atoms with Crippen LogP contribution in [0.2, 0.25) is 0 Å². The molecule has 1 rings (SSSR count). The molecule has 0 aliphatic carbocycles. The van der Waals surface area contributed by atoms with Crippen LogP contribution in [-0.4, -0.2) is 35.7 Å². The number of unbranched alkanes of at least 4 members (excludes halogenated alkanes) is 1. The SMILES string of the molecule is CCCCN=C(N)Nc1nc(CSCCCNC(C)=O)cs1. The number of aromatic nitrogens is 1. The lowest BCUT2D eigenvalue weighted by Crippen LogP contribution is -2.22. The monoisotopic (exact) mass is 343 g/mol. The fourth-order valence-electron chi connectivity index (χ4n) is 1.55. The Kier molecular flexibility index (Phi) is 9.65. The van der Waals surface area contributed by atoms with Crippen LogP contribution < -0.4 is 16.4 Å². The highest BCUT2D eigenvalue weighted by Crippen LogP contribution is 2.19. The molecule has 0 saturated carbocycles. The van der Waals surface area contributed by atoms with E-state index in [1.54, 1.807) is 0 Å². The van der Waals surface area contributed by atoms with Crippen molar-refractivity contribution in [1.82, 2.24) is 10.3 Å². The lowest BCUT2D eigenvalue weighted by molar-refractivity contribution is -0.118. The molecule has 0 fully saturated rings. The zero-order chi connectivity index (χ0) is 16.2. The van der Waals surface area contributed by atoms with Crippen LogP contribution in [0.15, 0.2) is 10.4 Å². The van der Waals surface area contributed by atoms with Gasteiger partial charge < -0.3 is 16.4 Å². The van der Waals surface area contributed by atoms with Crippen LogP contribution in [0.25, 0.3) is 0 Å². The molecule has 0 saturated heterocycles. The van der Waals surface area contributed by atoms with Crippen molar-refractivity contribution in [1.29, 1.82) is 0 Å². The third-order valence-electron chi connectivity index (χ3n) is 2.67.